The molecule has 1 fully saturated rings. The van der Waals surface area contributed by atoms with Gasteiger partial charge < -0.3 is 16.0 Å². The van der Waals surface area contributed by atoms with Crippen LogP contribution in [0, 0.1) is 0 Å². The highest BCUT2D eigenvalue weighted by Crippen LogP contribution is 2.31. The number of amides is 1. The number of carbonyl (C=O) groups excluding carboxylic acids is 1. The molecule has 3 N–H and O–H groups in total. The smallest absolute Gasteiger partial charge is 0.267 e. The number of nitrogen functional groups attached to an aromatic ring is 1. The third kappa shape index (κ3) is 3.58. The van der Waals surface area contributed by atoms with E-state index >= 15 is 0 Å². The van der Waals surface area contributed by atoms with Crippen molar-refractivity contribution in [1.29, 1.82) is 0 Å². The summed E-state index contributed by atoms with van der Waals surface area (Å²) in [5, 5.41) is 4.06. The van der Waals surface area contributed by atoms with Crippen LogP contribution in [0.3, 0.4) is 0 Å². The Morgan fingerprint density at radius 2 is 2.35 bits per heavy atom. The van der Waals surface area contributed by atoms with Gasteiger partial charge in [0.2, 0.25) is 0 Å². The highest BCUT2D eigenvalue weighted by molar-refractivity contribution is 7.98. The zero-order valence-corrected chi connectivity index (χ0v) is 13.8. The predicted molar refractivity (Wildman–Crippen MR) is 87.7 cm³/mol. The molecule has 112 valence electrons. The molecule has 0 bridgehead atoms. The van der Waals surface area contributed by atoms with Crippen molar-refractivity contribution < 1.29 is 4.79 Å². The van der Waals surface area contributed by atoms with Crippen molar-refractivity contribution in [3.8, 4) is 0 Å². The normalized spacial score (nSPS) is 15.9. The maximum atomic E-state index is 12.5. The average molecular weight is 314 g/mol. The quantitative estimate of drug-likeness (QED) is 0.809. The van der Waals surface area contributed by atoms with E-state index in [-0.39, 0.29) is 11.9 Å². The lowest BCUT2D eigenvalue weighted by Crippen LogP contribution is -2.38. The third-order valence-corrected chi connectivity index (χ3v) is 5.16. The highest BCUT2D eigenvalue weighted by Gasteiger charge is 2.27. The number of carbonyl (C=O) groups is 1. The summed E-state index contributed by atoms with van der Waals surface area (Å²) >= 11 is 3.12. The maximum absolute atomic E-state index is 12.5. The molecule has 1 aliphatic rings. The number of hydrogen-bond acceptors (Lipinski definition) is 6. The number of rotatable bonds is 7. The summed E-state index contributed by atoms with van der Waals surface area (Å²) in [7, 11) is 1.85. The van der Waals surface area contributed by atoms with Gasteiger partial charge in [0.15, 0.2) is 5.13 Å². The summed E-state index contributed by atoms with van der Waals surface area (Å²) in [6.07, 6.45) is 5.34. The number of anilines is 2. The molecule has 0 radical (unpaired) electrons. The lowest BCUT2D eigenvalue weighted by atomic mass is 10.2. The number of aromatic nitrogens is 1. The van der Waals surface area contributed by atoms with Crippen molar-refractivity contribution in [3.05, 3.63) is 4.88 Å². The molecule has 0 aliphatic heterocycles. The van der Waals surface area contributed by atoms with Crippen molar-refractivity contribution in [2.45, 2.75) is 38.3 Å². The molecule has 0 aromatic carbocycles. The summed E-state index contributed by atoms with van der Waals surface area (Å²) in [5.41, 5.74) is 5.90. The number of nitrogens with one attached hydrogen (secondary N) is 1. The van der Waals surface area contributed by atoms with Crippen molar-refractivity contribution in [3.63, 3.8) is 0 Å². The van der Waals surface area contributed by atoms with E-state index in [0.717, 1.165) is 17.3 Å². The molecule has 5 nitrogen and oxygen atoms in total. The van der Waals surface area contributed by atoms with Gasteiger partial charge in [0.25, 0.3) is 5.91 Å². The van der Waals surface area contributed by atoms with Gasteiger partial charge >= 0.3 is 0 Å². The van der Waals surface area contributed by atoms with Crippen molar-refractivity contribution in [1.82, 2.24) is 9.88 Å². The molecule has 1 unspecified atom stereocenters. The SMILES string of the molecule is CCC(CSC)N(C)C(=O)c1sc(NC2CC2)nc1N. The van der Waals surface area contributed by atoms with Gasteiger partial charge in [-0.1, -0.05) is 18.3 Å². The second-order valence-corrected chi connectivity index (χ2v) is 7.00. The first-order valence-corrected chi connectivity index (χ1v) is 9.06. The number of hydrogen-bond donors (Lipinski definition) is 2. The van der Waals surface area contributed by atoms with Gasteiger partial charge in [0.05, 0.1) is 0 Å². The highest BCUT2D eigenvalue weighted by atomic mass is 32.2. The van der Waals surface area contributed by atoms with E-state index < -0.39 is 0 Å². The minimum Gasteiger partial charge on any atom is -0.382 e. The van der Waals surface area contributed by atoms with Crippen LogP contribution in [0.2, 0.25) is 0 Å². The van der Waals surface area contributed by atoms with E-state index in [4.69, 9.17) is 5.73 Å². The van der Waals surface area contributed by atoms with Gasteiger partial charge in [-0.15, -0.1) is 0 Å². The lowest BCUT2D eigenvalue weighted by molar-refractivity contribution is 0.0749. The number of nitrogens with two attached hydrogens (primary N) is 1. The van der Waals surface area contributed by atoms with Crippen molar-refractivity contribution in [2.75, 3.05) is 30.1 Å². The van der Waals surface area contributed by atoms with E-state index in [2.05, 4.69) is 23.5 Å². The fraction of sp³-hybridized carbons (Fsp3) is 0.692. The van der Waals surface area contributed by atoms with Crippen LogP contribution in [0.5, 0.6) is 0 Å². The fourth-order valence-electron chi connectivity index (χ4n) is 1.97. The molecule has 1 atom stereocenters. The Hall–Kier alpha value is -0.950. The summed E-state index contributed by atoms with van der Waals surface area (Å²) in [6, 6.07) is 0.750. The molecule has 0 saturated heterocycles. The van der Waals surface area contributed by atoms with Crippen LogP contribution in [0.25, 0.3) is 0 Å². The zero-order valence-electron chi connectivity index (χ0n) is 12.2. The van der Waals surface area contributed by atoms with Crippen LogP contribution >= 0.6 is 23.1 Å². The molecule has 1 amide bonds. The van der Waals surface area contributed by atoms with E-state index in [1.807, 2.05) is 7.05 Å². The molecule has 2 rings (SSSR count). The fourth-order valence-corrected chi connectivity index (χ4v) is 3.76. The van der Waals surface area contributed by atoms with E-state index in [0.29, 0.717) is 16.7 Å². The van der Waals surface area contributed by atoms with E-state index in [1.54, 1.807) is 16.7 Å². The molecular formula is C13H22N4OS2. The molecular weight excluding hydrogens is 292 g/mol. The van der Waals surface area contributed by atoms with Crippen LogP contribution in [-0.4, -0.2) is 46.9 Å². The van der Waals surface area contributed by atoms with E-state index in [1.165, 1.54) is 24.2 Å². The van der Waals surface area contributed by atoms with E-state index in [9.17, 15) is 4.79 Å². The van der Waals surface area contributed by atoms with Crippen LogP contribution < -0.4 is 11.1 Å². The van der Waals surface area contributed by atoms with Gasteiger partial charge in [0, 0.05) is 24.9 Å². The Morgan fingerprint density at radius 3 is 2.90 bits per heavy atom. The van der Waals surface area contributed by atoms with Crippen LogP contribution in [-0.2, 0) is 0 Å². The van der Waals surface area contributed by atoms with Gasteiger partial charge in [0.1, 0.15) is 10.7 Å². The standard InChI is InChI=1S/C13H22N4OS2/c1-4-9(7-19-3)17(2)12(18)10-11(14)16-13(20-10)15-8-5-6-8/h8-9H,4-7,14H2,1-3H3,(H,15,16). The van der Waals surface area contributed by atoms with Crippen LogP contribution in [0.15, 0.2) is 0 Å². The average Bonchev–Trinajstić information content (AvgIpc) is 3.16. The Balaban J connectivity index is 2.08. The number of nitrogens with zero attached hydrogens (tertiary/aromatic N) is 2. The number of thiazole rings is 1. The van der Waals surface area contributed by atoms with Crippen molar-refractivity contribution in [2.24, 2.45) is 0 Å². The maximum Gasteiger partial charge on any atom is 0.267 e. The largest absolute Gasteiger partial charge is 0.382 e. The van der Waals surface area contributed by atoms with Crippen molar-refractivity contribution >= 4 is 40.0 Å². The molecule has 20 heavy (non-hydrogen) atoms. The Morgan fingerprint density at radius 1 is 1.65 bits per heavy atom. The first kappa shape index (κ1) is 15.4. The Labute approximate surface area is 128 Å². The topological polar surface area (TPSA) is 71.2 Å². The molecule has 1 aromatic heterocycles. The number of thioether (sulfide) groups is 1. The molecule has 0 spiro atoms. The zero-order chi connectivity index (χ0) is 14.7. The van der Waals surface area contributed by atoms with Gasteiger partial charge in [-0.25, -0.2) is 4.98 Å². The Kier molecular flexibility index (Phi) is 5.15. The van der Waals surface area contributed by atoms with Crippen LogP contribution in [0.1, 0.15) is 35.9 Å². The summed E-state index contributed by atoms with van der Waals surface area (Å²) < 4.78 is 0. The van der Waals surface area contributed by atoms with Crippen LogP contribution in [0.4, 0.5) is 10.9 Å². The Bertz CT molecular complexity index is 473. The predicted octanol–water partition coefficient (Wildman–Crippen LogP) is 2.51. The third-order valence-electron chi connectivity index (χ3n) is 3.45. The monoisotopic (exact) mass is 314 g/mol. The second-order valence-electron chi connectivity index (χ2n) is 5.09. The molecule has 1 saturated carbocycles. The molecule has 1 aromatic rings. The minimum absolute atomic E-state index is 0.0234. The van der Waals surface area contributed by atoms with Gasteiger partial charge in [-0.2, -0.15) is 11.8 Å². The second kappa shape index (κ2) is 6.67. The summed E-state index contributed by atoms with van der Waals surface area (Å²) in [6.45, 7) is 2.10. The minimum atomic E-state index is -0.0234. The summed E-state index contributed by atoms with van der Waals surface area (Å²) in [4.78, 5) is 19.1. The van der Waals surface area contributed by atoms with Gasteiger partial charge in [-0.3, -0.25) is 4.79 Å². The van der Waals surface area contributed by atoms with Gasteiger partial charge in [-0.05, 0) is 25.5 Å². The first-order chi connectivity index (χ1) is 9.56. The molecule has 7 heteroatoms. The lowest BCUT2D eigenvalue weighted by Gasteiger charge is -2.26. The molecule has 1 heterocycles. The first-order valence-electron chi connectivity index (χ1n) is 6.85. The summed E-state index contributed by atoms with van der Waals surface area (Å²) in [5.74, 6) is 1.25. The molecule has 1 aliphatic carbocycles.